The van der Waals surface area contributed by atoms with Gasteiger partial charge in [0.15, 0.2) is 0 Å². The van der Waals surface area contributed by atoms with E-state index in [1.807, 2.05) is 11.0 Å². The number of fused-ring (bicyclic) bond motifs is 4. The van der Waals surface area contributed by atoms with Crippen molar-refractivity contribution in [3.05, 3.63) is 18.5 Å². The van der Waals surface area contributed by atoms with Gasteiger partial charge in [-0.2, -0.15) is 0 Å². The summed E-state index contributed by atoms with van der Waals surface area (Å²) < 4.78 is 5.12. The van der Waals surface area contributed by atoms with Gasteiger partial charge in [0.2, 0.25) is 11.9 Å². The highest BCUT2D eigenvalue weighted by molar-refractivity contribution is 5.81. The summed E-state index contributed by atoms with van der Waals surface area (Å²) in [4.78, 5) is 25.3. The van der Waals surface area contributed by atoms with E-state index in [1.165, 1.54) is 0 Å². The minimum atomic E-state index is 0.0643. The number of ether oxygens (including phenoxy) is 1. The van der Waals surface area contributed by atoms with Crippen molar-refractivity contribution in [1.29, 1.82) is 0 Å². The lowest BCUT2D eigenvalue weighted by Crippen LogP contribution is -2.49. The average molecular weight is 276 g/mol. The molecule has 3 saturated heterocycles. The molecule has 0 aliphatic carbocycles. The Morgan fingerprint density at radius 1 is 1.30 bits per heavy atom. The van der Waals surface area contributed by atoms with Crippen LogP contribution < -0.4 is 4.90 Å². The molecule has 4 rings (SSSR count). The van der Waals surface area contributed by atoms with E-state index in [2.05, 4.69) is 14.9 Å². The molecule has 0 aromatic carbocycles. The predicted molar refractivity (Wildman–Crippen MR) is 74.3 cm³/mol. The second-order valence-corrected chi connectivity index (χ2v) is 5.41. The Hall–Kier alpha value is -1.69. The number of nitrogens with zero attached hydrogens (tertiary/aromatic N) is 4. The average Bonchev–Trinajstić information content (AvgIpc) is 2.78. The minimum Gasteiger partial charge on any atom is -0.383 e. The molecule has 3 aliphatic heterocycles. The summed E-state index contributed by atoms with van der Waals surface area (Å²) in [6, 6.07) is 2.06. The molecule has 3 fully saturated rings. The maximum atomic E-state index is 12.5. The van der Waals surface area contributed by atoms with Crippen molar-refractivity contribution in [2.45, 2.75) is 18.9 Å². The van der Waals surface area contributed by atoms with Crippen LogP contribution in [-0.4, -0.2) is 60.2 Å². The highest BCUT2D eigenvalue weighted by atomic mass is 16.5. The number of rotatable bonds is 4. The number of amides is 1. The molecule has 3 aliphatic rings. The van der Waals surface area contributed by atoms with E-state index in [0.29, 0.717) is 13.2 Å². The van der Waals surface area contributed by atoms with E-state index in [0.717, 1.165) is 31.9 Å². The van der Waals surface area contributed by atoms with E-state index < -0.39 is 0 Å². The van der Waals surface area contributed by atoms with Crippen LogP contribution in [0.3, 0.4) is 0 Å². The van der Waals surface area contributed by atoms with Crippen LogP contribution in [0.5, 0.6) is 0 Å². The number of piperidine rings is 1. The third-order valence-corrected chi connectivity index (χ3v) is 4.16. The van der Waals surface area contributed by atoms with Gasteiger partial charge in [-0.25, -0.2) is 9.97 Å². The first kappa shape index (κ1) is 13.3. The van der Waals surface area contributed by atoms with Crippen LogP contribution in [0, 0.1) is 5.92 Å². The quantitative estimate of drug-likeness (QED) is 0.804. The molecule has 0 saturated carbocycles. The topological polar surface area (TPSA) is 58.6 Å². The zero-order chi connectivity index (χ0) is 13.9. The van der Waals surface area contributed by atoms with Gasteiger partial charge in [-0.15, -0.1) is 0 Å². The van der Waals surface area contributed by atoms with E-state index in [1.54, 1.807) is 19.5 Å². The first-order chi connectivity index (χ1) is 9.79. The van der Waals surface area contributed by atoms with Crippen LogP contribution in [0.15, 0.2) is 18.5 Å². The van der Waals surface area contributed by atoms with Crippen LogP contribution in [-0.2, 0) is 9.53 Å². The summed E-state index contributed by atoms with van der Waals surface area (Å²) in [5, 5.41) is 0. The number of aromatic nitrogens is 2. The Balaban J connectivity index is 1.79. The van der Waals surface area contributed by atoms with Crippen LogP contribution >= 0.6 is 0 Å². The van der Waals surface area contributed by atoms with Gasteiger partial charge in [0.1, 0.15) is 0 Å². The Labute approximate surface area is 118 Å². The molecule has 0 spiro atoms. The SMILES string of the molecule is COCCN1C(=O)[C@@H]2CC[C@H]1CN(c1ncccn1)C2. The van der Waals surface area contributed by atoms with Gasteiger partial charge < -0.3 is 14.5 Å². The standard InChI is InChI=1S/C14H20N4O2/c1-20-8-7-18-12-4-3-11(13(18)19)9-17(10-12)14-15-5-2-6-16-14/h2,5-6,11-12H,3-4,7-10H2,1H3/t11-,12+/m1/s1. The summed E-state index contributed by atoms with van der Waals surface area (Å²) in [5.41, 5.74) is 0. The van der Waals surface area contributed by atoms with Crippen molar-refractivity contribution >= 4 is 11.9 Å². The van der Waals surface area contributed by atoms with Crippen LogP contribution in [0.25, 0.3) is 0 Å². The highest BCUT2D eigenvalue weighted by Crippen LogP contribution is 2.30. The molecular formula is C14H20N4O2. The predicted octanol–water partition coefficient (Wildman–Crippen LogP) is 0.550. The minimum absolute atomic E-state index is 0.0643. The number of hydrogen-bond donors (Lipinski definition) is 0. The van der Waals surface area contributed by atoms with E-state index in [9.17, 15) is 4.79 Å². The van der Waals surface area contributed by atoms with Gasteiger partial charge in [0, 0.05) is 45.2 Å². The molecule has 4 heterocycles. The van der Waals surface area contributed by atoms with Crippen molar-refractivity contribution in [2.24, 2.45) is 5.92 Å². The monoisotopic (exact) mass is 276 g/mol. The van der Waals surface area contributed by atoms with Crippen molar-refractivity contribution in [2.75, 3.05) is 38.3 Å². The number of carbonyl (C=O) groups is 1. The summed E-state index contributed by atoms with van der Waals surface area (Å²) in [7, 11) is 1.67. The molecule has 6 nitrogen and oxygen atoms in total. The molecule has 1 aromatic rings. The fraction of sp³-hybridized carbons (Fsp3) is 0.643. The molecule has 20 heavy (non-hydrogen) atoms. The Kier molecular flexibility index (Phi) is 3.82. The highest BCUT2D eigenvalue weighted by Gasteiger charge is 2.40. The van der Waals surface area contributed by atoms with Gasteiger partial charge in [-0.1, -0.05) is 0 Å². The maximum Gasteiger partial charge on any atom is 0.227 e. The normalized spacial score (nSPS) is 25.9. The zero-order valence-corrected chi connectivity index (χ0v) is 11.7. The molecule has 1 amide bonds. The molecule has 108 valence electrons. The third kappa shape index (κ3) is 2.47. The smallest absolute Gasteiger partial charge is 0.227 e. The van der Waals surface area contributed by atoms with Crippen LogP contribution in [0.2, 0.25) is 0 Å². The van der Waals surface area contributed by atoms with Gasteiger partial charge in [0.25, 0.3) is 0 Å². The number of hydrogen-bond acceptors (Lipinski definition) is 5. The van der Waals surface area contributed by atoms with Crippen LogP contribution in [0.1, 0.15) is 12.8 Å². The molecule has 2 bridgehead atoms. The first-order valence-electron chi connectivity index (χ1n) is 7.11. The second-order valence-electron chi connectivity index (χ2n) is 5.41. The number of carbonyl (C=O) groups excluding carboxylic acids is 1. The van der Waals surface area contributed by atoms with Crippen molar-refractivity contribution in [1.82, 2.24) is 14.9 Å². The van der Waals surface area contributed by atoms with Gasteiger partial charge in [-0.3, -0.25) is 4.79 Å². The fourth-order valence-electron chi connectivity index (χ4n) is 3.14. The zero-order valence-electron chi connectivity index (χ0n) is 11.7. The summed E-state index contributed by atoms with van der Waals surface area (Å²) in [6.45, 7) is 2.82. The van der Waals surface area contributed by atoms with Crippen molar-refractivity contribution in [3.63, 3.8) is 0 Å². The van der Waals surface area contributed by atoms with E-state index >= 15 is 0 Å². The lowest BCUT2D eigenvalue weighted by Gasteiger charge is -2.35. The second kappa shape index (κ2) is 5.75. The molecule has 0 unspecified atom stereocenters. The Morgan fingerprint density at radius 3 is 2.85 bits per heavy atom. The molecule has 6 heteroatoms. The van der Waals surface area contributed by atoms with Crippen molar-refractivity contribution in [3.8, 4) is 0 Å². The summed E-state index contributed by atoms with van der Waals surface area (Å²) in [5.74, 6) is 1.05. The summed E-state index contributed by atoms with van der Waals surface area (Å²) >= 11 is 0. The number of anilines is 1. The van der Waals surface area contributed by atoms with Gasteiger partial charge in [0.05, 0.1) is 12.5 Å². The van der Waals surface area contributed by atoms with E-state index in [-0.39, 0.29) is 17.9 Å². The number of methoxy groups -OCH3 is 1. The van der Waals surface area contributed by atoms with E-state index in [4.69, 9.17) is 4.74 Å². The van der Waals surface area contributed by atoms with Crippen molar-refractivity contribution < 1.29 is 9.53 Å². The molecule has 1 aromatic heterocycles. The fourth-order valence-corrected chi connectivity index (χ4v) is 3.14. The first-order valence-corrected chi connectivity index (χ1v) is 7.11. The summed E-state index contributed by atoms with van der Waals surface area (Å²) in [6.07, 6.45) is 5.53. The Morgan fingerprint density at radius 2 is 2.10 bits per heavy atom. The lowest BCUT2D eigenvalue weighted by molar-refractivity contribution is -0.140. The largest absolute Gasteiger partial charge is 0.383 e. The lowest BCUT2D eigenvalue weighted by atomic mass is 9.94. The molecule has 0 radical (unpaired) electrons. The van der Waals surface area contributed by atoms with Crippen LogP contribution in [0.4, 0.5) is 5.95 Å². The molecule has 2 atom stereocenters. The van der Waals surface area contributed by atoms with Gasteiger partial charge >= 0.3 is 0 Å². The molecular weight excluding hydrogens is 256 g/mol. The Bertz CT molecular complexity index is 468. The van der Waals surface area contributed by atoms with Gasteiger partial charge in [-0.05, 0) is 18.9 Å². The molecule has 0 N–H and O–H groups in total. The third-order valence-electron chi connectivity index (χ3n) is 4.16. The maximum absolute atomic E-state index is 12.5.